The van der Waals surface area contributed by atoms with Gasteiger partial charge in [0.05, 0.1) is 59.7 Å². The fraction of sp³-hybridized carbons (Fsp3) is 0.200. The van der Waals surface area contributed by atoms with Gasteiger partial charge in [0.2, 0.25) is 5.69 Å². The summed E-state index contributed by atoms with van der Waals surface area (Å²) in [6, 6.07) is 75.4. The average Bonchev–Trinajstić information content (AvgIpc) is 1.60. The molecule has 0 atom stereocenters. The van der Waals surface area contributed by atoms with Crippen molar-refractivity contribution in [3.63, 3.8) is 0 Å². The molecule has 13 aromatic rings. The Kier molecular flexibility index (Phi) is 52.5. The molecule has 2 aliphatic rings. The van der Waals surface area contributed by atoms with Crippen LogP contribution in [0.4, 0.5) is 22.7 Å². The summed E-state index contributed by atoms with van der Waals surface area (Å²) in [5.74, 6) is 5.16. The fourth-order valence-electron chi connectivity index (χ4n) is 11.6. The van der Waals surface area contributed by atoms with E-state index in [1.165, 1.54) is 17.7 Å². The van der Waals surface area contributed by atoms with Gasteiger partial charge < -0.3 is 58.0 Å². The van der Waals surface area contributed by atoms with Gasteiger partial charge in [0, 0.05) is 73.2 Å². The van der Waals surface area contributed by atoms with Crippen LogP contribution in [0.3, 0.4) is 0 Å². The van der Waals surface area contributed by atoms with Gasteiger partial charge in [-0.3, -0.25) is 9.69 Å². The number of nitrogens with zero attached hydrogens (tertiary/aromatic N) is 12. The minimum atomic E-state index is -4.69. The maximum atomic E-state index is 10.7. The van der Waals surface area contributed by atoms with E-state index in [-0.39, 0.29) is 214 Å². The third-order valence-corrected chi connectivity index (χ3v) is 18.4. The maximum absolute atomic E-state index is 10.7. The van der Waals surface area contributed by atoms with Gasteiger partial charge >= 0.3 is 236 Å². The van der Waals surface area contributed by atoms with E-state index in [9.17, 15) is 13.0 Å². The molecule has 34 nitrogen and oxygen atoms in total. The second-order valence-electron chi connectivity index (χ2n) is 31.0. The predicted molar refractivity (Wildman–Crippen MR) is 477 cm³/mol. The minimum absolute atomic E-state index is 0. The first kappa shape index (κ1) is 125. The zero-order chi connectivity index (χ0) is 96.4. The zero-order valence-electron chi connectivity index (χ0n) is 76.4. The van der Waals surface area contributed by atoms with Crippen LogP contribution in [0.5, 0.6) is 28.7 Å². The van der Waals surface area contributed by atoms with Crippen LogP contribution in [0.25, 0.3) is 109 Å². The molecular formula is C90H75CuKN12Na4O22S6. The molecule has 46 heteroatoms. The average molecular weight is 2060 g/mol. The number of para-hydroxylation sites is 1. The zero-order valence-corrected chi connectivity index (χ0v) is 93.3. The van der Waals surface area contributed by atoms with Crippen molar-refractivity contribution >= 4 is 130 Å². The molecule has 0 aliphatic carbocycles. The number of hydrogen-bond donors (Lipinski definition) is 0. The molecule has 8 bridgehead atoms. The third kappa shape index (κ3) is 39.8. The van der Waals surface area contributed by atoms with Crippen molar-refractivity contribution in [1.29, 1.82) is 0 Å². The number of benzene rings is 10. The third-order valence-electron chi connectivity index (χ3n) is 17.5. The van der Waals surface area contributed by atoms with Crippen LogP contribution in [-0.4, -0.2) is 119 Å². The molecule has 0 fully saturated rings. The van der Waals surface area contributed by atoms with Gasteiger partial charge in [0.15, 0.2) is 17.1 Å². The smallest absolute Gasteiger partial charge is 0.748 e. The summed E-state index contributed by atoms with van der Waals surface area (Å²) >= 11 is 0. The second kappa shape index (κ2) is 57.0. The fourth-order valence-corrected chi connectivity index (χ4v) is 12.2. The van der Waals surface area contributed by atoms with E-state index in [2.05, 4.69) is 127 Å². The minimum Gasteiger partial charge on any atom is -0.748 e. The molecule has 0 unspecified atom stereocenters. The summed E-state index contributed by atoms with van der Waals surface area (Å²) in [6.45, 7) is 52.4. The second-order valence-corrected chi connectivity index (χ2v) is 35.3. The van der Waals surface area contributed by atoms with Crippen molar-refractivity contribution < 1.29 is 282 Å². The Labute approximate surface area is 934 Å². The SMILES string of the molecule is CC(C)(C)c1cc[c-]c(OC(Oc2[c-]ccc(C(C)(C)C)c2)Oc2[c-]ccc(C(C)(C)C)c2)c1.CS(=O)(=O)[O-].O=S(=O)=O.O=S(=O)=O.O=S(=O)=O.O=S(=O)=O.[C-]#[N+]c1ccc(Oc2cccc(C(C)(C)C)c2)cc1[N+]#[C-].[C-]#[N+]c1cccc(S(=O)(=O)[O-])c1[N+]#[C-].[Cu+2].[K+].[Na+].[Na+].[Na+].[Na+].c1ccc2c(c1)-c1nc-2nc2[n-]c(nc3nc(nc4[n-]c(n1)c1ccccc41)-c1ccccc1-3)c1ccccc21. The van der Waals surface area contributed by atoms with Crippen molar-refractivity contribution in [2.45, 2.75) is 116 Å². The molecule has 679 valence electrons. The molecule has 3 aromatic heterocycles. The summed E-state index contributed by atoms with van der Waals surface area (Å²) in [5, 5.41) is 3.57. The Morgan fingerprint density at radius 2 is 0.640 bits per heavy atom. The first-order valence-corrected chi connectivity index (χ1v) is 44.8. The Balaban J connectivity index is 0.000000871. The topological polar surface area (TPSA) is 479 Å². The van der Waals surface area contributed by atoms with Crippen LogP contribution in [-0.2, 0) is 101 Å². The van der Waals surface area contributed by atoms with E-state index in [1.54, 1.807) is 18.2 Å². The molecule has 0 saturated carbocycles. The molecule has 1 radical (unpaired) electrons. The van der Waals surface area contributed by atoms with Gasteiger partial charge in [-0.1, -0.05) is 217 Å². The quantitative estimate of drug-likeness (QED) is 0.0858. The van der Waals surface area contributed by atoms with Crippen molar-refractivity contribution in [2.24, 2.45) is 0 Å². The molecule has 10 aromatic carbocycles. The number of hydrogen-bond acceptors (Lipinski definition) is 28. The standard InChI is InChI=1S/C32H16N8.C31H37O3.C18H16N2O.C8H4N2O3S.CH4O3S.Cu.K.4Na.4O3S/c1-2-10-18-17(9-1)25-33-26(18)38-28-21-13-5-6-14-22(21)30(35-28)40-32-24-16-8-7-15-23(24)31(36-32)39-29-20-12-4-3-11-19(20)27(34-29)37-25;1-29(2,3)22-13-10-16-25(19-22)32-28(33-26-17-11-14-23(20-26)30(4,5)6)34-27-18-12-15-24(21-27)31(7,8)9;1-18(2,3)13-7-6-8-14(11-13)21-15-9-10-16(19-4)17(12-15)20-5;1-9-6-4-3-5-7(8(6)10-2)14(11,12)13;1-5(2,3)4;;;;;;;4*1-4(2)3/h1-16H;10-15,19-21,28H,1-9H3;6-12H,1-3H3;3-5H,(H,11,12,13);1H3,(H,2,3,4);;;;;;;;;;/q-2;-3;;;;+2;5*+1;;;;/p-2. The van der Waals surface area contributed by atoms with Crippen LogP contribution < -0.4 is 199 Å². The number of fused-ring (bicyclic) bond motifs is 20. The summed E-state index contributed by atoms with van der Waals surface area (Å²) < 4.78 is 185. The van der Waals surface area contributed by atoms with Crippen LogP contribution in [0.1, 0.15) is 105 Å². The molecule has 0 N–H and O–H groups in total. The number of ether oxygens (including phenoxy) is 4. The summed E-state index contributed by atoms with van der Waals surface area (Å²) in [6.07, 6.45) is 0.604. The van der Waals surface area contributed by atoms with Gasteiger partial charge in [-0.15, -0.1) is 104 Å². The van der Waals surface area contributed by atoms with Crippen molar-refractivity contribution in [1.82, 2.24) is 39.9 Å². The van der Waals surface area contributed by atoms with E-state index in [0.717, 1.165) is 72.3 Å². The Bertz CT molecular complexity index is 6960. The van der Waals surface area contributed by atoms with E-state index in [4.69, 9.17) is 149 Å². The monoisotopic (exact) mass is 2060 g/mol. The summed E-state index contributed by atoms with van der Waals surface area (Å²) in [7, 11) is -21.0. The van der Waals surface area contributed by atoms with E-state index in [1.807, 2.05) is 170 Å². The summed E-state index contributed by atoms with van der Waals surface area (Å²) in [5.41, 5.74) is 10.5. The van der Waals surface area contributed by atoms with Crippen molar-refractivity contribution in [3.05, 3.63) is 298 Å². The van der Waals surface area contributed by atoms with Crippen LogP contribution in [0, 0.1) is 44.5 Å². The van der Waals surface area contributed by atoms with Gasteiger partial charge in [-0.25, -0.2) is 36.5 Å². The largest absolute Gasteiger partial charge is 2.00 e. The summed E-state index contributed by atoms with van der Waals surface area (Å²) in [4.78, 5) is 51.1. The Hall–Kier alpha value is -8.82. The molecule has 0 saturated heterocycles. The number of aromatic nitrogens is 8. The van der Waals surface area contributed by atoms with Gasteiger partial charge in [0.1, 0.15) is 21.6 Å². The molecule has 0 spiro atoms. The number of rotatable bonds is 9. The molecule has 136 heavy (non-hydrogen) atoms. The van der Waals surface area contributed by atoms with Crippen LogP contribution in [0.15, 0.2) is 217 Å². The van der Waals surface area contributed by atoms with Crippen molar-refractivity contribution in [2.75, 3.05) is 6.26 Å². The van der Waals surface area contributed by atoms with E-state index >= 15 is 0 Å². The van der Waals surface area contributed by atoms with Crippen LogP contribution >= 0.6 is 0 Å². The predicted octanol–water partition coefficient (Wildman–Crippen LogP) is 1.66. The van der Waals surface area contributed by atoms with Crippen LogP contribution in [0.2, 0.25) is 0 Å². The first-order chi connectivity index (χ1) is 60.9. The van der Waals surface area contributed by atoms with Crippen molar-refractivity contribution in [3.8, 4) is 74.3 Å². The van der Waals surface area contributed by atoms with E-state index in [0.29, 0.717) is 86.5 Å². The first-order valence-electron chi connectivity index (χ1n) is 37.5. The normalized spacial score (nSPS) is 10.5. The molecule has 5 heterocycles. The molecular weight excluding hydrogens is 1990 g/mol. The van der Waals surface area contributed by atoms with Gasteiger partial charge in [-0.2, -0.15) is 36.4 Å². The Morgan fingerprint density at radius 3 is 0.919 bits per heavy atom. The molecule has 0 amide bonds. The molecule has 2 aliphatic heterocycles. The maximum Gasteiger partial charge on any atom is 2.00 e. The van der Waals surface area contributed by atoms with E-state index < -0.39 is 79.7 Å². The molecule has 15 rings (SSSR count). The Morgan fingerprint density at radius 1 is 0.360 bits per heavy atom. The van der Waals surface area contributed by atoms with Gasteiger partial charge in [0.25, 0.3) is 0 Å². The van der Waals surface area contributed by atoms with Gasteiger partial charge in [-0.05, 0) is 73.0 Å².